The molecule has 0 radical (unpaired) electrons. The summed E-state index contributed by atoms with van der Waals surface area (Å²) in [5, 5.41) is 8.90. The maximum atomic E-state index is 12.8. The second-order valence-corrected chi connectivity index (χ2v) is 21.8. The monoisotopic (exact) mass is 1520 g/mol. The summed E-state index contributed by atoms with van der Waals surface area (Å²) in [4.78, 5) is 189. The van der Waals surface area contributed by atoms with Gasteiger partial charge in [-0.2, -0.15) is 0 Å². The summed E-state index contributed by atoms with van der Waals surface area (Å²) in [6, 6.07) is 17.6. The number of benzene rings is 2. The van der Waals surface area contributed by atoms with Gasteiger partial charge in [0.1, 0.15) is 24.4 Å². The molecule has 31 nitrogen and oxygen atoms in total. The predicted molar refractivity (Wildman–Crippen MR) is 391 cm³/mol. The molecule has 0 saturated heterocycles. The number of ether oxygens (including phenoxy) is 14. The van der Waals surface area contributed by atoms with Crippen LogP contribution in [0.2, 0.25) is 0 Å². The topological polar surface area (TPSA) is 423 Å². The molecule has 2 aromatic carbocycles. The molecular formula is C75H126O31. The van der Waals surface area contributed by atoms with Gasteiger partial charge in [-0.15, -0.1) is 0 Å². The van der Waals surface area contributed by atoms with E-state index < -0.39 is 155 Å². The predicted octanol–water partition coefficient (Wildman–Crippen LogP) is 11.6. The molecule has 106 heavy (non-hydrogen) atoms. The molecule has 1 N–H and O–H groups in total. The van der Waals surface area contributed by atoms with Gasteiger partial charge in [0.25, 0.3) is 0 Å². The third kappa shape index (κ3) is 49.8. The first-order valence-electron chi connectivity index (χ1n) is 31.4. The zero-order chi connectivity index (χ0) is 75.5. The Morgan fingerprint density at radius 2 is 0.481 bits per heavy atom. The molecule has 0 bridgehead atoms. The van der Waals surface area contributed by atoms with Crippen LogP contribution in [0.1, 0.15) is 240 Å². The molecule has 2 aromatic rings. The van der Waals surface area contributed by atoms with Gasteiger partial charge in [-0.05, 0) is 73.4 Å². The van der Waals surface area contributed by atoms with Crippen LogP contribution in [0.15, 0.2) is 60.7 Å². The molecule has 0 saturated carbocycles. The Bertz CT molecular complexity index is 2730. The molecule has 8 atom stereocenters. The first-order chi connectivity index (χ1) is 45.9. The average molecular weight is 1520 g/mol. The van der Waals surface area contributed by atoms with E-state index >= 15 is 0 Å². The quantitative estimate of drug-likeness (QED) is 0.0502. The van der Waals surface area contributed by atoms with Crippen molar-refractivity contribution in [2.24, 2.45) is 0 Å². The minimum atomic E-state index is -1.81. The summed E-state index contributed by atoms with van der Waals surface area (Å²) < 4.78 is 69.9. The number of carbonyl (C=O) groups excluding carboxylic acids is 15. The van der Waals surface area contributed by atoms with Gasteiger partial charge in [-0.1, -0.05) is 175 Å². The number of hydrogen-bond donors (Lipinski definition) is 1. The van der Waals surface area contributed by atoms with Gasteiger partial charge in [-0.25, -0.2) is 33.6 Å². The third-order valence-electron chi connectivity index (χ3n) is 11.3. The number of carbonyl (C=O) groups is 16. The van der Waals surface area contributed by atoms with Crippen LogP contribution in [0.3, 0.4) is 0 Å². The van der Waals surface area contributed by atoms with E-state index in [1.165, 1.54) is 55.4 Å². The number of carboxylic acid groups (broad SMARTS) is 1. The molecule has 0 heterocycles. The van der Waals surface area contributed by atoms with E-state index in [0.717, 1.165) is 6.92 Å². The Labute approximate surface area is 628 Å². The number of rotatable bonds is 34. The Morgan fingerprint density at radius 3 is 0.660 bits per heavy atom. The van der Waals surface area contributed by atoms with Crippen molar-refractivity contribution >= 4 is 95.3 Å². The SMILES string of the molecule is C.C.C.C.C.C.C.C.CCC(=O)OC(C(=O)OC(C)(C)C)C(OC(=O)CC)C(=O)OC(C)(C)C.CCC(=O)OC(C(=O)OCc1ccccc1)C(OC(=O)CC)C(=O)OCc1ccccc1.CCC(=O)OC(C(C)=O)C(OC(=O)CC)C(=O)O.CCOC(=O)C(OC(=O)CC)C(OC(=O)CC)C(=O)OCC. The second kappa shape index (κ2) is 62.5. The lowest BCUT2D eigenvalue weighted by Crippen LogP contribution is -2.50. The number of ketones is 1. The highest BCUT2D eigenvalue weighted by atomic mass is 16.7. The molecule has 0 aromatic heterocycles. The van der Waals surface area contributed by atoms with Crippen molar-refractivity contribution in [3.8, 4) is 0 Å². The summed E-state index contributed by atoms with van der Waals surface area (Å²) in [6.45, 7) is 25.7. The zero-order valence-electron chi connectivity index (χ0n) is 58.6. The van der Waals surface area contributed by atoms with Crippen molar-refractivity contribution in [1.82, 2.24) is 0 Å². The minimum absolute atomic E-state index is 0. The van der Waals surface area contributed by atoms with Crippen molar-refractivity contribution in [2.45, 2.75) is 302 Å². The number of hydrogen-bond acceptors (Lipinski definition) is 30. The zero-order valence-corrected chi connectivity index (χ0v) is 58.6. The van der Waals surface area contributed by atoms with E-state index in [4.69, 9.17) is 61.9 Å². The second-order valence-electron chi connectivity index (χ2n) is 21.8. The fourth-order valence-electron chi connectivity index (χ4n) is 6.59. The summed E-state index contributed by atoms with van der Waals surface area (Å²) in [7, 11) is 0. The highest BCUT2D eigenvalue weighted by Gasteiger charge is 2.46. The maximum absolute atomic E-state index is 12.8. The highest BCUT2D eigenvalue weighted by Crippen LogP contribution is 2.21. The fraction of sp³-hybridized carbons (Fsp3) is 0.627. The standard InChI is InChI=1S/C24H26O8.C18H30O8.C14H22O8.C11H16O7.8CH4/c1-3-19(25)31-21(23(27)29-15-17-11-7-5-8-12-17)22(32-20(26)4-2)24(28)30-16-18-13-9-6-10-14-18;1-9-11(19)23-13(15(21)25-17(3,4)5)14(24-12(20)10-2)16(22)26-18(6,7)8;1-5-9(15)21-11(13(17)19-7-3)12(14(18)20-8-4)22-10(16)6-2;1-4-7(13)17-9(6(3)12)10(11(15)16)18-8(14)5-2;;;;;;;;/h5-14,21-22H,3-4,15-16H2,1-2H3;13-14H,9-10H2,1-8H3;11-12H,5-8H2,1-4H3;9-10H,4-5H2,1-3H3,(H,15,16);8*1H4. The van der Waals surface area contributed by atoms with Crippen molar-refractivity contribution in [3.63, 3.8) is 0 Å². The van der Waals surface area contributed by atoms with Crippen LogP contribution in [0.5, 0.6) is 0 Å². The van der Waals surface area contributed by atoms with Crippen molar-refractivity contribution in [3.05, 3.63) is 71.8 Å². The normalized spacial score (nSPS) is 12.0. The van der Waals surface area contributed by atoms with Crippen LogP contribution in [-0.4, -0.2) is 174 Å². The van der Waals surface area contributed by atoms with Crippen molar-refractivity contribution < 1.29 is 148 Å². The molecule has 0 amide bonds. The maximum Gasteiger partial charge on any atom is 0.352 e. The molecule has 2 rings (SSSR count). The molecule has 8 unspecified atom stereocenters. The number of carboxylic acids is 1. The summed E-state index contributed by atoms with van der Waals surface area (Å²) in [5.74, 6) is -14.3. The summed E-state index contributed by atoms with van der Waals surface area (Å²) in [5.41, 5.74) is -0.423. The average Bonchev–Trinajstić information content (AvgIpc) is 0.837. The van der Waals surface area contributed by atoms with E-state index in [0.29, 0.717) is 11.1 Å². The van der Waals surface area contributed by atoms with E-state index in [-0.39, 0.29) is 137 Å². The Kier molecular flexibility index (Phi) is 69.2. The third-order valence-corrected chi connectivity index (χ3v) is 11.3. The molecule has 31 heteroatoms. The molecule has 0 fully saturated rings. The number of aliphatic carboxylic acids is 1. The van der Waals surface area contributed by atoms with Crippen LogP contribution in [0.4, 0.5) is 0 Å². The highest BCUT2D eigenvalue weighted by molar-refractivity contribution is 5.93. The number of esters is 14. The molecule has 0 aliphatic carbocycles. The lowest BCUT2D eigenvalue weighted by molar-refractivity contribution is -0.199. The number of Topliss-reactive ketones (excluding diaryl/α,β-unsaturated/α-hetero) is 1. The van der Waals surface area contributed by atoms with Gasteiger partial charge in [-0.3, -0.25) is 43.2 Å². The molecule has 0 aliphatic heterocycles. The molecular weight excluding hydrogens is 1400 g/mol. The Balaban J connectivity index is -0.000000144. The lowest BCUT2D eigenvalue weighted by Gasteiger charge is -2.29. The van der Waals surface area contributed by atoms with E-state index in [2.05, 4.69) is 9.47 Å². The van der Waals surface area contributed by atoms with Crippen LogP contribution < -0.4 is 0 Å². The molecule has 612 valence electrons. The fourth-order valence-corrected chi connectivity index (χ4v) is 6.59. The first kappa shape index (κ1) is 117. The van der Waals surface area contributed by atoms with Crippen molar-refractivity contribution in [1.29, 1.82) is 0 Å². The summed E-state index contributed by atoms with van der Waals surface area (Å²) in [6.07, 6.45) is -14.2. The van der Waals surface area contributed by atoms with Crippen LogP contribution in [0.25, 0.3) is 0 Å². The van der Waals surface area contributed by atoms with E-state index in [9.17, 15) is 76.7 Å². The van der Waals surface area contributed by atoms with E-state index in [1.54, 1.807) is 116 Å². The minimum Gasteiger partial charge on any atom is -0.478 e. The van der Waals surface area contributed by atoms with Crippen LogP contribution in [-0.2, 0) is 156 Å². The van der Waals surface area contributed by atoms with Gasteiger partial charge in [0, 0.05) is 51.4 Å². The Hall–Kier alpha value is -9.84. The van der Waals surface area contributed by atoms with Gasteiger partial charge in [0.05, 0.1) is 13.2 Å². The van der Waals surface area contributed by atoms with Gasteiger partial charge in [0.2, 0.25) is 48.8 Å². The van der Waals surface area contributed by atoms with Gasteiger partial charge in [0.15, 0.2) is 5.78 Å². The summed E-state index contributed by atoms with van der Waals surface area (Å²) >= 11 is 0. The molecule has 0 aliphatic rings. The van der Waals surface area contributed by atoms with Crippen LogP contribution in [0, 0.1) is 0 Å². The molecule has 0 spiro atoms. The largest absolute Gasteiger partial charge is 0.478 e. The lowest BCUT2D eigenvalue weighted by atomic mass is 10.1. The Morgan fingerprint density at radius 1 is 0.292 bits per heavy atom. The van der Waals surface area contributed by atoms with Gasteiger partial charge >= 0.3 is 89.5 Å². The van der Waals surface area contributed by atoms with E-state index in [1.807, 2.05) is 0 Å². The first-order valence-corrected chi connectivity index (χ1v) is 31.4. The van der Waals surface area contributed by atoms with Crippen LogP contribution >= 0.6 is 0 Å². The van der Waals surface area contributed by atoms with Crippen molar-refractivity contribution in [2.75, 3.05) is 13.2 Å². The smallest absolute Gasteiger partial charge is 0.352 e. The van der Waals surface area contributed by atoms with Gasteiger partial charge < -0.3 is 71.4 Å².